The minimum Gasteiger partial charge on any atom is -0.394 e. The summed E-state index contributed by atoms with van der Waals surface area (Å²) >= 11 is 0. The molecule has 2 aromatic rings. The zero-order chi connectivity index (χ0) is 12.7. The molecule has 2 aromatic heterocycles. The summed E-state index contributed by atoms with van der Waals surface area (Å²) < 4.78 is 7.22. The van der Waals surface area contributed by atoms with Gasteiger partial charge in [-0.05, 0) is 0 Å². The summed E-state index contributed by atoms with van der Waals surface area (Å²) in [6.07, 6.45) is 1.79. The molecule has 0 aliphatic carbocycles. The van der Waals surface area contributed by atoms with E-state index in [-0.39, 0.29) is 12.6 Å². The summed E-state index contributed by atoms with van der Waals surface area (Å²) in [5.74, 6) is 0.154. The smallest absolute Gasteiger partial charge is 0.222 e. The molecule has 0 radical (unpaired) electrons. The molecule has 0 saturated carbocycles. The number of hydrogen-bond acceptors (Lipinski definition) is 7. The summed E-state index contributed by atoms with van der Waals surface area (Å²) in [5, 5.41) is 18.8. The number of aliphatic hydroxyl groups excluding tert-OH is 2. The number of nitrogens with two attached hydrogens (primary N) is 1. The van der Waals surface area contributed by atoms with Gasteiger partial charge in [-0.25, -0.2) is 9.97 Å². The van der Waals surface area contributed by atoms with Crippen LogP contribution in [0.4, 0.5) is 5.95 Å². The van der Waals surface area contributed by atoms with Crippen molar-refractivity contribution >= 4 is 17.1 Å². The van der Waals surface area contributed by atoms with Gasteiger partial charge in [-0.1, -0.05) is 0 Å². The maximum absolute atomic E-state index is 9.71. The summed E-state index contributed by atoms with van der Waals surface area (Å²) in [6.45, 7) is -0.221. The van der Waals surface area contributed by atoms with Gasteiger partial charge in [0, 0.05) is 6.42 Å². The summed E-state index contributed by atoms with van der Waals surface area (Å²) in [5.41, 5.74) is 6.70. The number of aliphatic hydroxyl groups is 2. The van der Waals surface area contributed by atoms with E-state index >= 15 is 0 Å². The fourth-order valence-electron chi connectivity index (χ4n) is 2.10. The second-order valence-corrected chi connectivity index (χ2v) is 4.20. The number of nitrogen functional groups attached to an aromatic ring is 1. The third-order valence-corrected chi connectivity index (χ3v) is 3.03. The van der Waals surface area contributed by atoms with E-state index in [0.29, 0.717) is 17.6 Å². The third kappa shape index (κ3) is 1.70. The largest absolute Gasteiger partial charge is 0.394 e. The molecule has 0 unspecified atom stereocenters. The molecule has 8 nitrogen and oxygen atoms in total. The number of rotatable bonds is 2. The highest BCUT2D eigenvalue weighted by Gasteiger charge is 2.35. The predicted octanol–water partition coefficient (Wildman–Crippen LogP) is -0.951. The highest BCUT2D eigenvalue weighted by atomic mass is 16.5. The number of imidazole rings is 1. The SMILES string of the molecule is Nc1ncc2ncn([C@H]3C[C@@H](O)[C@H](CO)O3)c2n1. The number of anilines is 1. The number of aromatic nitrogens is 4. The standard InChI is InChI=1S/C10H13N5O3/c11-10-12-2-5-9(14-10)15(4-13-5)8-1-6(17)7(3-16)18-8/h2,4,6-8,16-17H,1,3H2,(H2,11,12,14)/t6-,7+,8-/m1/s1. The van der Waals surface area contributed by atoms with Gasteiger partial charge < -0.3 is 20.7 Å². The van der Waals surface area contributed by atoms with Crippen molar-refractivity contribution in [3.05, 3.63) is 12.5 Å². The highest BCUT2D eigenvalue weighted by Crippen LogP contribution is 2.30. The lowest BCUT2D eigenvalue weighted by atomic mass is 10.2. The van der Waals surface area contributed by atoms with Crippen LogP contribution in [0.25, 0.3) is 11.2 Å². The Labute approximate surface area is 102 Å². The van der Waals surface area contributed by atoms with E-state index in [0.717, 1.165) is 0 Å². The molecule has 3 atom stereocenters. The van der Waals surface area contributed by atoms with Crippen LogP contribution in [-0.4, -0.2) is 48.5 Å². The number of fused-ring (bicyclic) bond motifs is 1. The van der Waals surface area contributed by atoms with Crippen LogP contribution in [0.1, 0.15) is 12.6 Å². The Morgan fingerprint density at radius 3 is 3.06 bits per heavy atom. The van der Waals surface area contributed by atoms with Gasteiger partial charge in [0.25, 0.3) is 0 Å². The first-order valence-electron chi connectivity index (χ1n) is 5.58. The van der Waals surface area contributed by atoms with Crippen LogP contribution in [0, 0.1) is 0 Å². The molecular formula is C10H13N5O3. The molecule has 1 saturated heterocycles. The predicted molar refractivity (Wildman–Crippen MR) is 61.4 cm³/mol. The zero-order valence-electron chi connectivity index (χ0n) is 9.47. The van der Waals surface area contributed by atoms with E-state index < -0.39 is 18.4 Å². The van der Waals surface area contributed by atoms with E-state index in [4.69, 9.17) is 15.6 Å². The molecule has 1 aliphatic rings. The van der Waals surface area contributed by atoms with Gasteiger partial charge in [-0.3, -0.25) is 4.57 Å². The average Bonchev–Trinajstić information content (AvgIpc) is 2.91. The molecule has 3 heterocycles. The first kappa shape index (κ1) is 11.3. The van der Waals surface area contributed by atoms with Crippen LogP contribution < -0.4 is 5.73 Å². The van der Waals surface area contributed by atoms with Crippen molar-refractivity contribution in [3.63, 3.8) is 0 Å². The summed E-state index contributed by atoms with van der Waals surface area (Å²) in [4.78, 5) is 12.1. The Hall–Kier alpha value is -1.77. The Morgan fingerprint density at radius 1 is 1.50 bits per heavy atom. The minimum atomic E-state index is -0.698. The van der Waals surface area contributed by atoms with Gasteiger partial charge in [0.1, 0.15) is 17.8 Å². The van der Waals surface area contributed by atoms with Crippen LogP contribution in [0.5, 0.6) is 0 Å². The quantitative estimate of drug-likeness (QED) is 0.629. The molecular weight excluding hydrogens is 238 g/mol. The molecule has 0 aromatic carbocycles. The highest BCUT2D eigenvalue weighted by molar-refractivity contribution is 5.70. The van der Waals surface area contributed by atoms with Crippen LogP contribution in [0.15, 0.2) is 12.5 Å². The van der Waals surface area contributed by atoms with Crippen LogP contribution in [0.3, 0.4) is 0 Å². The van der Waals surface area contributed by atoms with Crippen LogP contribution in [-0.2, 0) is 4.74 Å². The molecule has 1 fully saturated rings. The van der Waals surface area contributed by atoms with Crippen molar-refractivity contribution in [1.82, 2.24) is 19.5 Å². The molecule has 0 bridgehead atoms. The van der Waals surface area contributed by atoms with E-state index in [1.54, 1.807) is 10.9 Å². The van der Waals surface area contributed by atoms with Crippen LogP contribution >= 0.6 is 0 Å². The van der Waals surface area contributed by atoms with Crippen molar-refractivity contribution in [3.8, 4) is 0 Å². The first-order chi connectivity index (χ1) is 8.69. The lowest BCUT2D eigenvalue weighted by Gasteiger charge is -2.13. The summed E-state index contributed by atoms with van der Waals surface area (Å²) in [7, 11) is 0. The molecule has 4 N–H and O–H groups in total. The van der Waals surface area contributed by atoms with Gasteiger partial charge in [-0.15, -0.1) is 0 Å². The van der Waals surface area contributed by atoms with Crippen molar-refractivity contribution in [2.75, 3.05) is 12.3 Å². The fourth-order valence-corrected chi connectivity index (χ4v) is 2.10. The molecule has 0 amide bonds. The van der Waals surface area contributed by atoms with Crippen LogP contribution in [0.2, 0.25) is 0 Å². The molecule has 96 valence electrons. The topological polar surface area (TPSA) is 119 Å². The lowest BCUT2D eigenvalue weighted by molar-refractivity contribution is -0.0432. The van der Waals surface area contributed by atoms with Gasteiger partial charge >= 0.3 is 0 Å². The molecule has 8 heteroatoms. The first-order valence-corrected chi connectivity index (χ1v) is 5.58. The minimum absolute atomic E-state index is 0.154. The number of nitrogens with zero attached hydrogens (tertiary/aromatic N) is 4. The van der Waals surface area contributed by atoms with Gasteiger partial charge in [0.15, 0.2) is 5.65 Å². The average molecular weight is 251 g/mol. The maximum Gasteiger partial charge on any atom is 0.222 e. The Kier molecular flexibility index (Phi) is 2.62. The van der Waals surface area contributed by atoms with Crippen molar-refractivity contribution in [1.29, 1.82) is 0 Å². The third-order valence-electron chi connectivity index (χ3n) is 3.03. The molecule has 3 rings (SSSR count). The van der Waals surface area contributed by atoms with Crippen molar-refractivity contribution in [2.45, 2.75) is 24.9 Å². The Bertz CT molecular complexity index is 572. The lowest BCUT2D eigenvalue weighted by Crippen LogP contribution is -2.24. The molecule has 0 spiro atoms. The van der Waals surface area contributed by atoms with E-state index in [2.05, 4.69) is 15.0 Å². The Balaban J connectivity index is 1.98. The summed E-state index contributed by atoms with van der Waals surface area (Å²) in [6, 6.07) is 0. The Morgan fingerprint density at radius 2 is 2.33 bits per heavy atom. The van der Waals surface area contributed by atoms with E-state index in [1.807, 2.05) is 0 Å². The van der Waals surface area contributed by atoms with Crippen molar-refractivity contribution in [2.24, 2.45) is 0 Å². The second kappa shape index (κ2) is 4.16. The van der Waals surface area contributed by atoms with E-state index in [1.165, 1.54) is 6.20 Å². The normalized spacial score (nSPS) is 28.0. The maximum atomic E-state index is 9.71. The number of hydrogen-bond donors (Lipinski definition) is 3. The van der Waals surface area contributed by atoms with E-state index in [9.17, 15) is 5.11 Å². The van der Waals surface area contributed by atoms with Crippen molar-refractivity contribution < 1.29 is 14.9 Å². The number of ether oxygens (including phenoxy) is 1. The zero-order valence-corrected chi connectivity index (χ0v) is 9.47. The van der Waals surface area contributed by atoms with Gasteiger partial charge in [0.2, 0.25) is 5.95 Å². The molecule has 1 aliphatic heterocycles. The van der Waals surface area contributed by atoms with Gasteiger partial charge in [-0.2, -0.15) is 4.98 Å². The monoisotopic (exact) mass is 251 g/mol. The second-order valence-electron chi connectivity index (χ2n) is 4.20. The fraction of sp³-hybridized carbons (Fsp3) is 0.500. The molecule has 18 heavy (non-hydrogen) atoms. The van der Waals surface area contributed by atoms with Gasteiger partial charge in [0.05, 0.1) is 25.2 Å².